The van der Waals surface area contributed by atoms with Crippen molar-refractivity contribution in [2.45, 2.75) is 19.9 Å². The number of methoxy groups -OCH3 is 2. The summed E-state index contributed by atoms with van der Waals surface area (Å²) >= 11 is 0. The van der Waals surface area contributed by atoms with E-state index >= 15 is 0 Å². The minimum atomic E-state index is -0.190. The van der Waals surface area contributed by atoms with E-state index in [0.29, 0.717) is 11.1 Å². The third-order valence-electron chi connectivity index (χ3n) is 6.63. The van der Waals surface area contributed by atoms with Gasteiger partial charge in [0, 0.05) is 49.6 Å². The third kappa shape index (κ3) is 5.89. The highest BCUT2D eigenvalue weighted by atomic mass is 16.5. The Bertz CT molecular complexity index is 1400. The van der Waals surface area contributed by atoms with Gasteiger partial charge >= 0.3 is 0 Å². The van der Waals surface area contributed by atoms with Gasteiger partial charge in [0.15, 0.2) is 16.8 Å². The number of rotatable bonds is 11. The van der Waals surface area contributed by atoms with Gasteiger partial charge < -0.3 is 23.9 Å². The second-order valence-electron chi connectivity index (χ2n) is 8.97. The number of ether oxygens (including phenoxy) is 2. The van der Waals surface area contributed by atoms with Crippen molar-refractivity contribution in [3.63, 3.8) is 0 Å². The number of anilines is 1. The maximum Gasteiger partial charge on any atom is 0.204 e. The van der Waals surface area contributed by atoms with E-state index in [4.69, 9.17) is 13.9 Å². The van der Waals surface area contributed by atoms with Crippen molar-refractivity contribution in [2.24, 2.45) is 0 Å². The first kappa shape index (κ1) is 26.1. The minimum absolute atomic E-state index is 0.0724. The molecular weight excluding hydrogens is 468 g/mol. The maximum atomic E-state index is 12.7. The standard InChI is InChI=1S/C30H34N2O5/c1-5-32(20-22-9-6-7-10-27(22)35-3)18-8-17-31(2)23-13-11-21(12-14-23)28-19-26(34)24-15-16-25(33)30(36-4)29(24)37-28/h6-7,9-16,19,33H,5,8,17-18,20H2,1-4H3. The first-order valence-electron chi connectivity index (χ1n) is 12.4. The fourth-order valence-corrected chi connectivity index (χ4v) is 4.49. The molecule has 0 saturated carbocycles. The van der Waals surface area contributed by atoms with E-state index in [2.05, 4.69) is 29.8 Å². The molecule has 0 fully saturated rings. The van der Waals surface area contributed by atoms with Crippen molar-refractivity contribution >= 4 is 16.7 Å². The number of hydrogen-bond acceptors (Lipinski definition) is 7. The summed E-state index contributed by atoms with van der Waals surface area (Å²) in [6.45, 7) is 5.89. The number of nitrogens with zero attached hydrogens (tertiary/aromatic N) is 2. The minimum Gasteiger partial charge on any atom is -0.504 e. The molecule has 7 nitrogen and oxygen atoms in total. The Balaban J connectivity index is 1.41. The lowest BCUT2D eigenvalue weighted by Gasteiger charge is -2.24. The summed E-state index contributed by atoms with van der Waals surface area (Å²) in [7, 11) is 5.23. The highest BCUT2D eigenvalue weighted by Gasteiger charge is 2.15. The Hall–Kier alpha value is -3.97. The average molecular weight is 503 g/mol. The van der Waals surface area contributed by atoms with E-state index in [1.165, 1.54) is 30.9 Å². The summed E-state index contributed by atoms with van der Waals surface area (Å²) in [5, 5.41) is 10.4. The van der Waals surface area contributed by atoms with Crippen LogP contribution in [0.1, 0.15) is 18.9 Å². The lowest BCUT2D eigenvalue weighted by atomic mass is 10.1. The SMILES string of the molecule is CCN(CCCN(C)c1ccc(-c2cc(=O)c3ccc(O)c(OC)c3o2)cc1)Cc1ccccc1OC. The Morgan fingerprint density at radius 3 is 2.41 bits per heavy atom. The van der Waals surface area contributed by atoms with Gasteiger partial charge in [-0.25, -0.2) is 0 Å². The normalized spacial score (nSPS) is 11.2. The van der Waals surface area contributed by atoms with Crippen LogP contribution in [0.3, 0.4) is 0 Å². The summed E-state index contributed by atoms with van der Waals surface area (Å²) in [6, 6.07) is 20.5. The van der Waals surface area contributed by atoms with E-state index < -0.39 is 0 Å². The van der Waals surface area contributed by atoms with Gasteiger partial charge in [0.2, 0.25) is 5.75 Å². The van der Waals surface area contributed by atoms with Crippen LogP contribution in [0.25, 0.3) is 22.3 Å². The van der Waals surface area contributed by atoms with E-state index in [1.807, 2.05) is 42.5 Å². The Morgan fingerprint density at radius 1 is 0.946 bits per heavy atom. The number of benzene rings is 3. The second kappa shape index (κ2) is 11.8. The molecule has 0 unspecified atom stereocenters. The molecule has 0 aliphatic heterocycles. The van der Waals surface area contributed by atoms with Gasteiger partial charge in [-0.15, -0.1) is 0 Å². The molecule has 3 aromatic carbocycles. The highest BCUT2D eigenvalue weighted by molar-refractivity contribution is 5.86. The average Bonchev–Trinajstić information content (AvgIpc) is 2.92. The van der Waals surface area contributed by atoms with Crippen LogP contribution in [0, 0.1) is 0 Å². The van der Waals surface area contributed by atoms with E-state index in [-0.39, 0.29) is 22.5 Å². The van der Waals surface area contributed by atoms with Crippen LogP contribution in [-0.2, 0) is 6.54 Å². The van der Waals surface area contributed by atoms with Crippen molar-refractivity contribution < 1.29 is 19.0 Å². The predicted octanol–water partition coefficient (Wildman–Crippen LogP) is 5.53. The molecule has 0 aliphatic rings. The second-order valence-corrected chi connectivity index (χ2v) is 8.97. The summed E-state index contributed by atoms with van der Waals surface area (Å²) < 4.78 is 16.8. The van der Waals surface area contributed by atoms with E-state index in [9.17, 15) is 9.90 Å². The quantitative estimate of drug-likeness (QED) is 0.289. The van der Waals surface area contributed by atoms with Crippen molar-refractivity contribution in [1.29, 1.82) is 0 Å². The maximum absolute atomic E-state index is 12.7. The largest absolute Gasteiger partial charge is 0.504 e. The molecule has 4 aromatic rings. The molecule has 0 saturated heterocycles. The highest BCUT2D eigenvalue weighted by Crippen LogP contribution is 2.35. The van der Waals surface area contributed by atoms with Gasteiger partial charge in [-0.3, -0.25) is 9.69 Å². The number of para-hydroxylation sites is 1. The molecule has 0 amide bonds. The number of aromatic hydroxyl groups is 1. The zero-order valence-corrected chi connectivity index (χ0v) is 21.9. The molecule has 1 aromatic heterocycles. The molecule has 0 bridgehead atoms. The molecule has 4 rings (SSSR count). The van der Waals surface area contributed by atoms with Crippen LogP contribution in [-0.4, -0.2) is 50.9 Å². The number of fused-ring (bicyclic) bond motifs is 1. The summed E-state index contributed by atoms with van der Waals surface area (Å²) in [5.74, 6) is 1.43. The fourth-order valence-electron chi connectivity index (χ4n) is 4.49. The van der Waals surface area contributed by atoms with Crippen molar-refractivity contribution in [2.75, 3.05) is 45.8 Å². The van der Waals surface area contributed by atoms with E-state index in [1.54, 1.807) is 7.11 Å². The molecule has 1 N–H and O–H groups in total. The molecule has 194 valence electrons. The van der Waals surface area contributed by atoms with Crippen molar-refractivity contribution in [3.05, 3.63) is 82.5 Å². The van der Waals surface area contributed by atoms with Crippen LogP contribution >= 0.6 is 0 Å². The number of phenolic OH excluding ortho intramolecular Hbond substituents is 1. The molecule has 0 atom stereocenters. The van der Waals surface area contributed by atoms with Crippen LogP contribution in [0.2, 0.25) is 0 Å². The fraction of sp³-hybridized carbons (Fsp3) is 0.300. The molecule has 0 aliphatic carbocycles. The molecule has 1 heterocycles. The first-order chi connectivity index (χ1) is 17.9. The van der Waals surface area contributed by atoms with Crippen LogP contribution < -0.4 is 19.8 Å². The summed E-state index contributed by atoms with van der Waals surface area (Å²) in [4.78, 5) is 17.3. The molecular formula is C30H34N2O5. The smallest absolute Gasteiger partial charge is 0.204 e. The number of phenols is 1. The lowest BCUT2D eigenvalue weighted by Crippen LogP contribution is -2.28. The predicted molar refractivity (Wildman–Crippen MR) is 148 cm³/mol. The Labute approximate surface area is 217 Å². The summed E-state index contributed by atoms with van der Waals surface area (Å²) in [6.07, 6.45) is 1.02. The van der Waals surface area contributed by atoms with Crippen LogP contribution in [0.4, 0.5) is 5.69 Å². The molecule has 7 heteroatoms. The molecule has 0 spiro atoms. The number of hydrogen-bond donors (Lipinski definition) is 1. The van der Waals surface area contributed by atoms with Gasteiger partial charge in [0.1, 0.15) is 11.5 Å². The lowest BCUT2D eigenvalue weighted by molar-refractivity contribution is 0.272. The third-order valence-corrected chi connectivity index (χ3v) is 6.63. The van der Waals surface area contributed by atoms with Crippen molar-refractivity contribution in [1.82, 2.24) is 4.90 Å². The monoisotopic (exact) mass is 502 g/mol. The zero-order valence-electron chi connectivity index (χ0n) is 21.9. The van der Waals surface area contributed by atoms with Gasteiger partial charge in [0.25, 0.3) is 0 Å². The van der Waals surface area contributed by atoms with Crippen LogP contribution in [0.15, 0.2) is 75.9 Å². The van der Waals surface area contributed by atoms with Gasteiger partial charge in [-0.1, -0.05) is 25.1 Å². The van der Waals surface area contributed by atoms with Gasteiger partial charge in [-0.2, -0.15) is 0 Å². The van der Waals surface area contributed by atoms with Gasteiger partial charge in [-0.05, 0) is 55.4 Å². The summed E-state index contributed by atoms with van der Waals surface area (Å²) in [5.41, 5.74) is 3.10. The Kier molecular flexibility index (Phi) is 8.36. The van der Waals surface area contributed by atoms with Gasteiger partial charge in [0.05, 0.1) is 19.6 Å². The zero-order chi connectivity index (χ0) is 26.4. The Morgan fingerprint density at radius 2 is 1.70 bits per heavy atom. The molecule has 0 radical (unpaired) electrons. The van der Waals surface area contributed by atoms with E-state index in [0.717, 1.165) is 49.6 Å². The van der Waals surface area contributed by atoms with Crippen LogP contribution in [0.5, 0.6) is 17.2 Å². The first-order valence-corrected chi connectivity index (χ1v) is 12.4. The topological polar surface area (TPSA) is 75.4 Å². The molecule has 37 heavy (non-hydrogen) atoms. The van der Waals surface area contributed by atoms with Crippen molar-refractivity contribution in [3.8, 4) is 28.6 Å².